The van der Waals surface area contributed by atoms with Gasteiger partial charge in [0.1, 0.15) is 11.3 Å². The first-order chi connectivity index (χ1) is 12.2. The molecule has 2 aromatic rings. The van der Waals surface area contributed by atoms with Crippen LogP contribution in [-0.4, -0.2) is 73.4 Å². The van der Waals surface area contributed by atoms with Crippen molar-refractivity contribution in [2.75, 3.05) is 57.5 Å². The number of halogens is 1. The number of morpholine rings is 2. The van der Waals surface area contributed by atoms with E-state index in [1.807, 2.05) is 17.0 Å². The Morgan fingerprint density at radius 3 is 2.44 bits per heavy atom. The third kappa shape index (κ3) is 3.47. The fourth-order valence-corrected chi connectivity index (χ4v) is 3.62. The minimum Gasteiger partial charge on any atom is -0.378 e. The van der Waals surface area contributed by atoms with Gasteiger partial charge >= 0.3 is 0 Å². The van der Waals surface area contributed by atoms with Gasteiger partial charge in [-0.15, -0.1) is 0 Å². The van der Waals surface area contributed by atoms with E-state index in [1.54, 1.807) is 6.20 Å². The van der Waals surface area contributed by atoms with Crippen LogP contribution in [0.2, 0.25) is 0 Å². The van der Waals surface area contributed by atoms with Gasteiger partial charge in [-0.25, -0.2) is 4.98 Å². The van der Waals surface area contributed by atoms with Gasteiger partial charge in [-0.05, 0) is 28.1 Å². The second-order valence-electron chi connectivity index (χ2n) is 6.06. The number of ether oxygens (including phenoxy) is 2. The standard InChI is InChI=1S/C17H19BrN4O3/c18-13-9-12(17(23)22-3-7-25-8-4-22)10-14-16(13)20-15(11-19-14)21-1-5-24-6-2-21/h9-11H,1-8H2. The zero-order valence-corrected chi connectivity index (χ0v) is 15.4. The first kappa shape index (κ1) is 16.7. The Balaban J connectivity index is 1.64. The summed E-state index contributed by atoms with van der Waals surface area (Å²) in [6, 6.07) is 3.64. The summed E-state index contributed by atoms with van der Waals surface area (Å²) in [4.78, 5) is 25.9. The molecular weight excluding hydrogens is 388 g/mol. The lowest BCUT2D eigenvalue weighted by Crippen LogP contribution is -2.40. The van der Waals surface area contributed by atoms with Crippen molar-refractivity contribution in [3.05, 3.63) is 28.4 Å². The Kier molecular flexibility index (Phi) is 4.82. The molecule has 3 heterocycles. The summed E-state index contributed by atoms with van der Waals surface area (Å²) in [5.74, 6) is 0.841. The largest absolute Gasteiger partial charge is 0.378 e. The fraction of sp³-hybridized carbons (Fsp3) is 0.471. The maximum atomic E-state index is 12.7. The van der Waals surface area contributed by atoms with Crippen molar-refractivity contribution in [1.82, 2.24) is 14.9 Å². The third-order valence-electron chi connectivity index (χ3n) is 4.47. The number of carbonyl (C=O) groups is 1. The highest BCUT2D eigenvalue weighted by atomic mass is 79.9. The van der Waals surface area contributed by atoms with Crippen molar-refractivity contribution in [2.24, 2.45) is 0 Å². The quantitative estimate of drug-likeness (QED) is 0.755. The molecule has 0 radical (unpaired) electrons. The summed E-state index contributed by atoms with van der Waals surface area (Å²) in [6.45, 7) is 5.44. The molecule has 0 N–H and O–H groups in total. The summed E-state index contributed by atoms with van der Waals surface area (Å²) in [6.07, 6.45) is 1.77. The van der Waals surface area contributed by atoms with E-state index in [-0.39, 0.29) is 5.91 Å². The van der Waals surface area contributed by atoms with Crippen molar-refractivity contribution < 1.29 is 14.3 Å². The van der Waals surface area contributed by atoms with Gasteiger partial charge in [0.05, 0.1) is 38.1 Å². The number of aromatic nitrogens is 2. The average molecular weight is 407 g/mol. The van der Waals surface area contributed by atoms with Gasteiger partial charge in [-0.3, -0.25) is 9.78 Å². The maximum absolute atomic E-state index is 12.7. The number of fused-ring (bicyclic) bond motifs is 1. The Morgan fingerprint density at radius 1 is 1.04 bits per heavy atom. The minimum absolute atomic E-state index is 0.00459. The van der Waals surface area contributed by atoms with Crippen LogP contribution in [0.1, 0.15) is 10.4 Å². The number of carbonyl (C=O) groups excluding carboxylic acids is 1. The SMILES string of the molecule is O=C(c1cc(Br)c2nc(N3CCOCC3)cnc2c1)N1CCOCC1. The molecule has 2 saturated heterocycles. The predicted molar refractivity (Wildman–Crippen MR) is 97.0 cm³/mol. The van der Waals surface area contributed by atoms with Crippen LogP contribution in [0, 0.1) is 0 Å². The van der Waals surface area contributed by atoms with Crippen LogP contribution in [0.5, 0.6) is 0 Å². The number of amides is 1. The zero-order valence-electron chi connectivity index (χ0n) is 13.8. The van der Waals surface area contributed by atoms with Gasteiger partial charge in [-0.1, -0.05) is 0 Å². The summed E-state index contributed by atoms with van der Waals surface area (Å²) < 4.78 is 11.5. The molecular formula is C17H19BrN4O3. The fourth-order valence-electron chi connectivity index (χ4n) is 3.08. The molecule has 8 heteroatoms. The molecule has 2 aliphatic rings. The molecule has 25 heavy (non-hydrogen) atoms. The molecule has 132 valence electrons. The maximum Gasteiger partial charge on any atom is 0.254 e. The lowest BCUT2D eigenvalue weighted by Gasteiger charge is -2.28. The zero-order chi connectivity index (χ0) is 17.2. The molecule has 0 atom stereocenters. The van der Waals surface area contributed by atoms with Crippen LogP contribution in [0.25, 0.3) is 11.0 Å². The van der Waals surface area contributed by atoms with Crippen LogP contribution < -0.4 is 4.90 Å². The van der Waals surface area contributed by atoms with Crippen molar-refractivity contribution in [3.63, 3.8) is 0 Å². The second-order valence-corrected chi connectivity index (χ2v) is 6.91. The Morgan fingerprint density at radius 2 is 1.72 bits per heavy atom. The van der Waals surface area contributed by atoms with Gasteiger partial charge in [0.2, 0.25) is 0 Å². The predicted octanol–water partition coefficient (Wildman–Crippen LogP) is 1.70. The van der Waals surface area contributed by atoms with Gasteiger partial charge < -0.3 is 19.3 Å². The number of hydrogen-bond donors (Lipinski definition) is 0. The number of anilines is 1. The summed E-state index contributed by atoms with van der Waals surface area (Å²) in [5, 5.41) is 0. The monoisotopic (exact) mass is 406 g/mol. The first-order valence-electron chi connectivity index (χ1n) is 8.38. The number of hydrogen-bond acceptors (Lipinski definition) is 6. The molecule has 0 unspecified atom stereocenters. The van der Waals surface area contributed by atoms with Crippen molar-refractivity contribution in [1.29, 1.82) is 0 Å². The van der Waals surface area contributed by atoms with Crippen LogP contribution in [0.4, 0.5) is 5.82 Å². The summed E-state index contributed by atoms with van der Waals surface area (Å²) in [5.41, 5.74) is 2.10. The van der Waals surface area contributed by atoms with Crippen molar-refractivity contribution in [3.8, 4) is 0 Å². The number of rotatable bonds is 2. The summed E-state index contributed by atoms with van der Waals surface area (Å²) in [7, 11) is 0. The van der Waals surface area contributed by atoms with E-state index in [2.05, 4.69) is 25.8 Å². The third-order valence-corrected chi connectivity index (χ3v) is 5.07. The van der Waals surface area contributed by atoms with Crippen molar-refractivity contribution in [2.45, 2.75) is 0 Å². The van der Waals surface area contributed by atoms with E-state index < -0.39 is 0 Å². The normalized spacial score (nSPS) is 18.6. The van der Waals surface area contributed by atoms with E-state index in [4.69, 9.17) is 14.5 Å². The Hall–Kier alpha value is -1.77. The molecule has 0 aliphatic carbocycles. The highest BCUT2D eigenvalue weighted by molar-refractivity contribution is 9.10. The average Bonchev–Trinajstić information content (AvgIpc) is 2.68. The van der Waals surface area contributed by atoms with E-state index >= 15 is 0 Å². The highest BCUT2D eigenvalue weighted by Gasteiger charge is 2.21. The molecule has 0 bridgehead atoms. The van der Waals surface area contributed by atoms with Gasteiger partial charge in [0, 0.05) is 36.2 Å². The molecule has 4 rings (SSSR count). The smallest absolute Gasteiger partial charge is 0.254 e. The van der Waals surface area contributed by atoms with Crippen LogP contribution in [0.3, 0.4) is 0 Å². The number of benzene rings is 1. The molecule has 7 nitrogen and oxygen atoms in total. The number of nitrogens with zero attached hydrogens (tertiary/aromatic N) is 4. The first-order valence-corrected chi connectivity index (χ1v) is 9.18. The molecule has 1 amide bonds. The molecule has 2 fully saturated rings. The summed E-state index contributed by atoms with van der Waals surface area (Å²) >= 11 is 3.56. The van der Waals surface area contributed by atoms with E-state index in [0.717, 1.165) is 28.9 Å². The van der Waals surface area contributed by atoms with E-state index in [0.29, 0.717) is 50.6 Å². The molecule has 0 spiro atoms. The highest BCUT2D eigenvalue weighted by Crippen LogP contribution is 2.26. The lowest BCUT2D eigenvalue weighted by atomic mass is 10.1. The lowest BCUT2D eigenvalue weighted by molar-refractivity contribution is 0.0303. The molecule has 0 saturated carbocycles. The van der Waals surface area contributed by atoms with Crippen LogP contribution in [-0.2, 0) is 9.47 Å². The molecule has 1 aromatic carbocycles. The van der Waals surface area contributed by atoms with Crippen LogP contribution in [0.15, 0.2) is 22.8 Å². The van der Waals surface area contributed by atoms with Gasteiger partial charge in [0.15, 0.2) is 0 Å². The Labute approximate surface area is 154 Å². The Bertz CT molecular complexity index is 789. The minimum atomic E-state index is 0.00459. The topological polar surface area (TPSA) is 67.8 Å². The van der Waals surface area contributed by atoms with Gasteiger partial charge in [-0.2, -0.15) is 0 Å². The molecule has 2 aliphatic heterocycles. The second kappa shape index (κ2) is 7.23. The van der Waals surface area contributed by atoms with Crippen molar-refractivity contribution >= 4 is 38.7 Å². The van der Waals surface area contributed by atoms with E-state index in [1.165, 1.54) is 0 Å². The van der Waals surface area contributed by atoms with Gasteiger partial charge in [0.25, 0.3) is 5.91 Å². The van der Waals surface area contributed by atoms with E-state index in [9.17, 15) is 4.79 Å². The molecule has 1 aromatic heterocycles. The van der Waals surface area contributed by atoms with Crippen LogP contribution >= 0.6 is 15.9 Å².